The van der Waals surface area contributed by atoms with Crippen molar-refractivity contribution in [2.75, 3.05) is 5.32 Å². The normalized spacial score (nSPS) is 15.6. The molecule has 0 unspecified atom stereocenters. The summed E-state index contributed by atoms with van der Waals surface area (Å²) in [6, 6.07) is 12.2. The molecule has 0 spiro atoms. The molecule has 1 amide bonds. The number of nitrogens with zero attached hydrogens (tertiary/aromatic N) is 3. The zero-order valence-electron chi connectivity index (χ0n) is 13.9. The first-order chi connectivity index (χ1) is 11.6. The average molecular weight is 320 g/mol. The van der Waals surface area contributed by atoms with Crippen LogP contribution in [-0.2, 0) is 10.2 Å². The fourth-order valence-corrected chi connectivity index (χ4v) is 3.17. The van der Waals surface area contributed by atoms with Gasteiger partial charge in [-0.1, -0.05) is 30.3 Å². The molecule has 2 aromatic heterocycles. The van der Waals surface area contributed by atoms with Gasteiger partial charge in [0.15, 0.2) is 5.65 Å². The SMILES string of the molecule is CC(C)n1ncc2cc(NC(=O)C3(c4ccccc4)CC3)cnc21. The van der Waals surface area contributed by atoms with Gasteiger partial charge in [-0.3, -0.25) is 4.79 Å². The van der Waals surface area contributed by atoms with E-state index in [9.17, 15) is 4.79 Å². The van der Waals surface area contributed by atoms with Crippen LogP contribution in [0.25, 0.3) is 11.0 Å². The number of carbonyl (C=O) groups excluding carboxylic acids is 1. The molecule has 1 aliphatic rings. The van der Waals surface area contributed by atoms with Gasteiger partial charge < -0.3 is 5.32 Å². The number of anilines is 1. The molecular formula is C19H20N4O. The Balaban J connectivity index is 1.59. The van der Waals surface area contributed by atoms with Crippen molar-refractivity contribution in [3.05, 3.63) is 54.4 Å². The van der Waals surface area contributed by atoms with E-state index in [0.29, 0.717) is 0 Å². The topological polar surface area (TPSA) is 59.8 Å². The zero-order chi connectivity index (χ0) is 16.7. The summed E-state index contributed by atoms with van der Waals surface area (Å²) in [4.78, 5) is 17.3. The van der Waals surface area contributed by atoms with Gasteiger partial charge in [-0.2, -0.15) is 5.10 Å². The van der Waals surface area contributed by atoms with Gasteiger partial charge in [0.2, 0.25) is 5.91 Å². The van der Waals surface area contributed by atoms with Gasteiger partial charge in [0.05, 0.1) is 23.5 Å². The van der Waals surface area contributed by atoms with Crippen molar-refractivity contribution in [2.24, 2.45) is 0 Å². The molecule has 4 rings (SSSR count). The minimum atomic E-state index is -0.377. The Morgan fingerprint density at radius 3 is 2.62 bits per heavy atom. The molecule has 0 aliphatic heterocycles. The number of carbonyl (C=O) groups is 1. The number of rotatable bonds is 4. The van der Waals surface area contributed by atoms with Gasteiger partial charge in [-0.15, -0.1) is 0 Å². The third-order valence-corrected chi connectivity index (χ3v) is 4.69. The van der Waals surface area contributed by atoms with Crippen LogP contribution >= 0.6 is 0 Å². The maximum absolute atomic E-state index is 12.8. The minimum absolute atomic E-state index is 0.0473. The van der Waals surface area contributed by atoms with Crippen LogP contribution in [0.15, 0.2) is 48.8 Å². The predicted molar refractivity (Wildman–Crippen MR) is 93.9 cm³/mol. The first-order valence-electron chi connectivity index (χ1n) is 8.30. The highest BCUT2D eigenvalue weighted by Crippen LogP contribution is 2.48. The number of hydrogen-bond acceptors (Lipinski definition) is 3. The van der Waals surface area contributed by atoms with E-state index < -0.39 is 0 Å². The Morgan fingerprint density at radius 1 is 1.21 bits per heavy atom. The van der Waals surface area contributed by atoms with Crippen LogP contribution in [-0.4, -0.2) is 20.7 Å². The minimum Gasteiger partial charge on any atom is -0.324 e. The lowest BCUT2D eigenvalue weighted by Gasteiger charge is -2.15. The van der Waals surface area contributed by atoms with Gasteiger partial charge in [0.25, 0.3) is 0 Å². The van der Waals surface area contributed by atoms with E-state index in [1.54, 1.807) is 12.4 Å². The fraction of sp³-hybridized carbons (Fsp3) is 0.316. The Kier molecular flexibility index (Phi) is 3.37. The molecule has 24 heavy (non-hydrogen) atoms. The average Bonchev–Trinajstić information content (AvgIpc) is 3.29. The number of pyridine rings is 1. The Labute approximate surface area is 140 Å². The highest BCUT2D eigenvalue weighted by Gasteiger charge is 2.51. The van der Waals surface area contributed by atoms with Crippen molar-refractivity contribution in [3.63, 3.8) is 0 Å². The van der Waals surface area contributed by atoms with Crippen LogP contribution in [0.5, 0.6) is 0 Å². The summed E-state index contributed by atoms with van der Waals surface area (Å²) in [6.45, 7) is 4.14. The molecule has 5 nitrogen and oxygen atoms in total. The van der Waals surface area contributed by atoms with Gasteiger partial charge in [-0.25, -0.2) is 9.67 Å². The maximum Gasteiger partial charge on any atom is 0.235 e. The van der Waals surface area contributed by atoms with Gasteiger partial charge >= 0.3 is 0 Å². The summed E-state index contributed by atoms with van der Waals surface area (Å²) < 4.78 is 1.88. The Morgan fingerprint density at radius 2 is 1.96 bits per heavy atom. The van der Waals surface area contributed by atoms with Crippen molar-refractivity contribution >= 4 is 22.6 Å². The van der Waals surface area contributed by atoms with Crippen LogP contribution < -0.4 is 5.32 Å². The Hall–Kier alpha value is -2.69. The Bertz CT molecular complexity index is 894. The summed E-state index contributed by atoms with van der Waals surface area (Å²) in [5.41, 5.74) is 2.27. The maximum atomic E-state index is 12.8. The highest BCUT2D eigenvalue weighted by atomic mass is 16.2. The van der Waals surface area contributed by atoms with Gasteiger partial charge in [-0.05, 0) is 38.3 Å². The van der Waals surface area contributed by atoms with Crippen LogP contribution in [0.1, 0.15) is 38.3 Å². The summed E-state index contributed by atoms with van der Waals surface area (Å²) >= 11 is 0. The second-order valence-electron chi connectivity index (χ2n) is 6.72. The molecule has 1 aliphatic carbocycles. The van der Waals surface area contributed by atoms with Gasteiger partial charge in [0, 0.05) is 11.4 Å². The first kappa shape index (κ1) is 14.9. The predicted octanol–water partition coefficient (Wildman–Crippen LogP) is 3.68. The van der Waals surface area contributed by atoms with Crippen LogP contribution in [0.3, 0.4) is 0 Å². The molecule has 3 aromatic rings. The molecule has 2 heterocycles. The molecular weight excluding hydrogens is 300 g/mol. The van der Waals surface area contributed by atoms with Crippen LogP contribution in [0, 0.1) is 0 Å². The summed E-state index contributed by atoms with van der Waals surface area (Å²) in [6.07, 6.45) is 5.29. The second-order valence-corrected chi connectivity index (χ2v) is 6.72. The van der Waals surface area contributed by atoms with E-state index in [0.717, 1.165) is 35.1 Å². The third kappa shape index (κ3) is 2.37. The van der Waals surface area contributed by atoms with Crippen molar-refractivity contribution in [2.45, 2.75) is 38.1 Å². The molecule has 122 valence electrons. The molecule has 0 radical (unpaired) electrons. The summed E-state index contributed by atoms with van der Waals surface area (Å²) in [5, 5.41) is 8.34. The van der Waals surface area contributed by atoms with E-state index >= 15 is 0 Å². The monoisotopic (exact) mass is 320 g/mol. The molecule has 1 aromatic carbocycles. The fourth-order valence-electron chi connectivity index (χ4n) is 3.17. The zero-order valence-corrected chi connectivity index (χ0v) is 13.9. The number of nitrogens with one attached hydrogen (secondary N) is 1. The van der Waals surface area contributed by atoms with Crippen molar-refractivity contribution in [1.82, 2.24) is 14.8 Å². The summed E-state index contributed by atoms with van der Waals surface area (Å²) in [7, 11) is 0. The standard InChI is InChI=1S/C19H20N4O/c1-13(2)23-17-14(11-21-23)10-16(12-20-17)22-18(24)19(8-9-19)15-6-4-3-5-7-15/h3-7,10-13H,8-9H2,1-2H3,(H,22,24). The largest absolute Gasteiger partial charge is 0.324 e. The second kappa shape index (κ2) is 5.44. The number of fused-ring (bicyclic) bond motifs is 1. The molecule has 1 saturated carbocycles. The van der Waals surface area contributed by atoms with E-state index in [-0.39, 0.29) is 17.4 Å². The van der Waals surface area contributed by atoms with Crippen molar-refractivity contribution in [1.29, 1.82) is 0 Å². The molecule has 0 saturated heterocycles. The number of aromatic nitrogens is 3. The van der Waals surface area contributed by atoms with Gasteiger partial charge in [0.1, 0.15) is 0 Å². The molecule has 5 heteroatoms. The number of hydrogen-bond donors (Lipinski definition) is 1. The molecule has 1 fully saturated rings. The van der Waals surface area contributed by atoms with Crippen molar-refractivity contribution in [3.8, 4) is 0 Å². The molecule has 0 bridgehead atoms. The molecule has 1 N–H and O–H groups in total. The van der Waals surface area contributed by atoms with Crippen LogP contribution in [0.4, 0.5) is 5.69 Å². The quantitative estimate of drug-likeness (QED) is 0.797. The smallest absolute Gasteiger partial charge is 0.235 e. The lowest BCUT2D eigenvalue weighted by Crippen LogP contribution is -2.27. The van der Waals surface area contributed by atoms with E-state index in [1.807, 2.05) is 41.1 Å². The van der Waals surface area contributed by atoms with E-state index in [2.05, 4.69) is 29.2 Å². The lowest BCUT2D eigenvalue weighted by atomic mass is 9.95. The lowest BCUT2D eigenvalue weighted by molar-refractivity contribution is -0.118. The van der Waals surface area contributed by atoms with Crippen molar-refractivity contribution < 1.29 is 4.79 Å². The number of amides is 1. The third-order valence-electron chi connectivity index (χ3n) is 4.69. The van der Waals surface area contributed by atoms with E-state index in [1.165, 1.54) is 0 Å². The highest BCUT2D eigenvalue weighted by molar-refractivity contribution is 6.02. The number of benzene rings is 1. The summed E-state index contributed by atoms with van der Waals surface area (Å²) in [5.74, 6) is 0.0473. The molecule has 0 atom stereocenters. The first-order valence-corrected chi connectivity index (χ1v) is 8.30. The van der Waals surface area contributed by atoms with Crippen LogP contribution in [0.2, 0.25) is 0 Å². The van der Waals surface area contributed by atoms with E-state index in [4.69, 9.17) is 0 Å².